The van der Waals surface area contributed by atoms with E-state index in [1.807, 2.05) is 0 Å². The smallest absolute Gasteiger partial charge is 0.336 e. The van der Waals surface area contributed by atoms with E-state index < -0.39 is 5.97 Å². The zero-order valence-electron chi connectivity index (χ0n) is 19.1. The highest BCUT2D eigenvalue weighted by molar-refractivity contribution is 5.89. The van der Waals surface area contributed by atoms with Gasteiger partial charge in [-0.1, -0.05) is 25.1 Å². The van der Waals surface area contributed by atoms with Crippen LogP contribution in [0, 0.1) is 0 Å². The number of hydrogen-bond donors (Lipinski definition) is 1. The number of aromatic carboxylic acids is 1. The van der Waals surface area contributed by atoms with E-state index in [1.165, 1.54) is 28.1 Å². The summed E-state index contributed by atoms with van der Waals surface area (Å²) in [6.45, 7) is 3.17. The van der Waals surface area contributed by atoms with Crippen LogP contribution in [0.15, 0.2) is 60.9 Å². The quantitative estimate of drug-likeness (QED) is 0.554. The average molecular weight is 430 g/mol. The van der Waals surface area contributed by atoms with Crippen LogP contribution in [0.1, 0.15) is 52.0 Å². The maximum atomic E-state index is 11.5. The average Bonchev–Trinajstić information content (AvgIpc) is 2.83. The summed E-state index contributed by atoms with van der Waals surface area (Å²) in [5.74, 6) is -0.889. The number of carboxylic acids is 1. The third-order valence-electron chi connectivity index (χ3n) is 6.69. The molecule has 5 nitrogen and oxygen atoms in total. The predicted octanol–water partition coefficient (Wildman–Crippen LogP) is 5.27. The van der Waals surface area contributed by atoms with Gasteiger partial charge in [-0.05, 0) is 85.3 Å². The fourth-order valence-corrected chi connectivity index (χ4v) is 4.64. The lowest BCUT2D eigenvalue weighted by Gasteiger charge is -2.35. The predicted molar refractivity (Wildman–Crippen MR) is 129 cm³/mol. The van der Waals surface area contributed by atoms with Gasteiger partial charge in [0.1, 0.15) is 0 Å². The van der Waals surface area contributed by atoms with Crippen molar-refractivity contribution in [3.8, 4) is 0 Å². The van der Waals surface area contributed by atoms with E-state index in [-0.39, 0.29) is 6.04 Å². The summed E-state index contributed by atoms with van der Waals surface area (Å²) >= 11 is 0. The molecule has 0 saturated carbocycles. The van der Waals surface area contributed by atoms with Gasteiger partial charge >= 0.3 is 5.97 Å². The van der Waals surface area contributed by atoms with Gasteiger partial charge in [0.15, 0.2) is 0 Å². The van der Waals surface area contributed by atoms with Crippen molar-refractivity contribution in [2.24, 2.45) is 0 Å². The Morgan fingerprint density at radius 2 is 1.91 bits per heavy atom. The van der Waals surface area contributed by atoms with Crippen molar-refractivity contribution in [2.75, 3.05) is 25.5 Å². The van der Waals surface area contributed by atoms with E-state index in [1.54, 1.807) is 18.5 Å². The van der Waals surface area contributed by atoms with Crippen LogP contribution in [0.2, 0.25) is 0 Å². The Morgan fingerprint density at radius 1 is 1.16 bits per heavy atom. The molecule has 1 atom stereocenters. The van der Waals surface area contributed by atoms with Crippen molar-refractivity contribution in [1.82, 2.24) is 9.88 Å². The van der Waals surface area contributed by atoms with Crippen LogP contribution in [0.5, 0.6) is 0 Å². The molecule has 4 rings (SSSR count). The molecule has 2 heterocycles. The standard InChI is InChI=1S/C27H31N3O2/c1-4-19-5-8-22(9-6-19)30(3)23-10-11-24-20(17-23)14-16-29(2)26(24)12-7-21-18-28-15-13-25(21)27(31)32/h5-6,8-11,13,15,17-18,26H,4,7,12,14,16H2,1-3H3,(H,31,32)/t26-/m0/s1. The summed E-state index contributed by atoms with van der Waals surface area (Å²) in [6, 6.07) is 17.4. The number of anilines is 2. The second-order valence-electron chi connectivity index (χ2n) is 8.59. The highest BCUT2D eigenvalue weighted by Gasteiger charge is 2.25. The first-order valence-corrected chi connectivity index (χ1v) is 11.3. The number of likely N-dealkylation sites (N-methyl/N-ethyl adjacent to an activating group) is 1. The van der Waals surface area contributed by atoms with E-state index >= 15 is 0 Å². The van der Waals surface area contributed by atoms with Gasteiger partial charge in [-0.15, -0.1) is 0 Å². The molecule has 2 aromatic carbocycles. The Morgan fingerprint density at radius 3 is 2.62 bits per heavy atom. The zero-order chi connectivity index (χ0) is 22.7. The largest absolute Gasteiger partial charge is 0.478 e. The molecule has 0 spiro atoms. The lowest BCUT2D eigenvalue weighted by atomic mass is 9.88. The summed E-state index contributed by atoms with van der Waals surface area (Å²) in [5, 5.41) is 9.48. The molecule has 0 bridgehead atoms. The highest BCUT2D eigenvalue weighted by atomic mass is 16.4. The molecule has 32 heavy (non-hydrogen) atoms. The van der Waals surface area contributed by atoms with E-state index in [2.05, 4.69) is 78.3 Å². The normalized spacial score (nSPS) is 15.9. The minimum absolute atomic E-state index is 0.267. The molecule has 1 aliphatic rings. The van der Waals surface area contributed by atoms with Crippen molar-refractivity contribution in [2.45, 2.75) is 38.6 Å². The molecule has 3 aromatic rings. The zero-order valence-corrected chi connectivity index (χ0v) is 19.1. The minimum atomic E-state index is -0.889. The summed E-state index contributed by atoms with van der Waals surface area (Å²) in [6.07, 6.45) is 6.85. The first kappa shape index (κ1) is 22.0. The summed E-state index contributed by atoms with van der Waals surface area (Å²) in [4.78, 5) is 20.3. The number of aromatic nitrogens is 1. The number of rotatable bonds is 7. The van der Waals surface area contributed by atoms with Crippen molar-refractivity contribution in [3.63, 3.8) is 0 Å². The van der Waals surface area contributed by atoms with Crippen molar-refractivity contribution in [1.29, 1.82) is 0 Å². The number of carbonyl (C=O) groups is 1. The molecular weight excluding hydrogens is 398 g/mol. The Hall–Kier alpha value is -3.18. The van der Waals surface area contributed by atoms with Gasteiger partial charge in [-0.2, -0.15) is 0 Å². The lowest BCUT2D eigenvalue weighted by molar-refractivity contribution is 0.0695. The number of benzene rings is 2. The monoisotopic (exact) mass is 429 g/mol. The molecule has 0 radical (unpaired) electrons. The van der Waals surface area contributed by atoms with E-state index in [4.69, 9.17) is 0 Å². The summed E-state index contributed by atoms with van der Waals surface area (Å²) in [7, 11) is 4.27. The number of aryl methyl sites for hydroxylation is 2. The van der Waals surface area contributed by atoms with Crippen LogP contribution < -0.4 is 4.90 Å². The first-order valence-electron chi connectivity index (χ1n) is 11.3. The van der Waals surface area contributed by atoms with Crippen LogP contribution in [-0.2, 0) is 19.3 Å². The van der Waals surface area contributed by atoms with Gasteiger partial charge in [-0.3, -0.25) is 9.88 Å². The van der Waals surface area contributed by atoms with Crippen molar-refractivity contribution >= 4 is 17.3 Å². The number of pyridine rings is 1. The second-order valence-corrected chi connectivity index (χ2v) is 8.59. The fourth-order valence-electron chi connectivity index (χ4n) is 4.64. The lowest BCUT2D eigenvalue weighted by Crippen LogP contribution is -2.32. The third kappa shape index (κ3) is 4.53. The van der Waals surface area contributed by atoms with Crippen LogP contribution in [0.4, 0.5) is 11.4 Å². The number of nitrogens with zero attached hydrogens (tertiary/aromatic N) is 3. The number of hydrogen-bond acceptors (Lipinski definition) is 4. The Balaban J connectivity index is 1.55. The molecule has 0 amide bonds. The topological polar surface area (TPSA) is 56.7 Å². The maximum absolute atomic E-state index is 11.5. The molecule has 166 valence electrons. The minimum Gasteiger partial charge on any atom is -0.478 e. The molecule has 0 saturated heterocycles. The molecular formula is C27H31N3O2. The van der Waals surface area contributed by atoms with Gasteiger partial charge in [0.2, 0.25) is 0 Å². The van der Waals surface area contributed by atoms with Crippen LogP contribution in [0.25, 0.3) is 0 Å². The SMILES string of the molecule is CCc1ccc(N(C)c2ccc3c(c2)CCN(C)[C@H]3CCc2cnccc2C(=O)O)cc1. The van der Waals surface area contributed by atoms with Crippen LogP contribution in [-0.4, -0.2) is 41.6 Å². The van der Waals surface area contributed by atoms with Gasteiger partial charge in [0.05, 0.1) is 5.56 Å². The third-order valence-corrected chi connectivity index (χ3v) is 6.69. The fraction of sp³-hybridized carbons (Fsp3) is 0.333. The maximum Gasteiger partial charge on any atom is 0.336 e. The summed E-state index contributed by atoms with van der Waals surface area (Å²) < 4.78 is 0. The van der Waals surface area contributed by atoms with E-state index in [9.17, 15) is 9.90 Å². The molecule has 1 N–H and O–H groups in total. The van der Waals surface area contributed by atoms with Crippen LogP contribution in [0.3, 0.4) is 0 Å². The van der Waals surface area contributed by atoms with E-state index in [0.29, 0.717) is 12.0 Å². The van der Waals surface area contributed by atoms with Gasteiger partial charge < -0.3 is 10.0 Å². The highest BCUT2D eigenvalue weighted by Crippen LogP contribution is 2.35. The van der Waals surface area contributed by atoms with Crippen molar-refractivity contribution in [3.05, 3.63) is 88.7 Å². The number of carboxylic acid groups (broad SMARTS) is 1. The van der Waals surface area contributed by atoms with E-state index in [0.717, 1.165) is 31.4 Å². The second kappa shape index (κ2) is 9.53. The van der Waals surface area contributed by atoms with Gasteiger partial charge in [0, 0.05) is 43.4 Å². The molecule has 0 unspecified atom stereocenters. The Labute approximate surface area is 190 Å². The Kier molecular flexibility index (Phi) is 6.56. The molecule has 1 aromatic heterocycles. The summed E-state index contributed by atoms with van der Waals surface area (Å²) in [5.41, 5.74) is 7.60. The van der Waals surface area contributed by atoms with Crippen LogP contribution >= 0.6 is 0 Å². The molecule has 5 heteroatoms. The molecule has 0 aliphatic carbocycles. The van der Waals surface area contributed by atoms with Gasteiger partial charge in [0.25, 0.3) is 0 Å². The molecule has 0 fully saturated rings. The first-order chi connectivity index (χ1) is 15.5. The number of fused-ring (bicyclic) bond motifs is 1. The molecule has 1 aliphatic heterocycles. The van der Waals surface area contributed by atoms with Gasteiger partial charge in [-0.25, -0.2) is 4.79 Å². The van der Waals surface area contributed by atoms with Crippen molar-refractivity contribution < 1.29 is 9.90 Å². The Bertz CT molecular complexity index is 1090.